The highest BCUT2D eigenvalue weighted by atomic mass is 35.5. The van der Waals surface area contributed by atoms with Gasteiger partial charge < -0.3 is 21.1 Å². The van der Waals surface area contributed by atoms with Gasteiger partial charge in [-0.25, -0.2) is 19.9 Å². The van der Waals surface area contributed by atoms with Crippen molar-refractivity contribution in [1.29, 1.82) is 0 Å². The van der Waals surface area contributed by atoms with E-state index in [-0.39, 0.29) is 6.04 Å². The quantitative estimate of drug-likeness (QED) is 0.439. The molecule has 0 saturated carbocycles. The average molecular weight is 495 g/mol. The molecule has 1 fully saturated rings. The van der Waals surface area contributed by atoms with Crippen molar-refractivity contribution in [1.82, 2.24) is 24.3 Å². The molecule has 1 spiro atoms. The molecule has 6 heterocycles. The van der Waals surface area contributed by atoms with Gasteiger partial charge in [0.15, 0.2) is 5.65 Å². The second kappa shape index (κ2) is 8.00. The smallest absolute Gasteiger partial charge is 0.218 e. The number of ether oxygens (including phenoxy) is 1. The van der Waals surface area contributed by atoms with Crippen molar-refractivity contribution in [3.05, 3.63) is 59.3 Å². The summed E-state index contributed by atoms with van der Waals surface area (Å²) < 4.78 is 8.33. The highest BCUT2D eigenvalue weighted by molar-refractivity contribution is 7.99. The SMILES string of the molecule is Cc1nc(N2CCC3(CC2)Oc2ncccc2[C@H]3N)n2ccnc2c1Sc1ccnc(N)c1Cl. The number of piperidine rings is 1. The molecule has 1 saturated heterocycles. The summed E-state index contributed by atoms with van der Waals surface area (Å²) in [5.74, 6) is 1.82. The minimum Gasteiger partial charge on any atom is -0.469 e. The summed E-state index contributed by atoms with van der Waals surface area (Å²) in [5.41, 5.74) is 14.8. The zero-order valence-corrected chi connectivity index (χ0v) is 20.1. The summed E-state index contributed by atoms with van der Waals surface area (Å²) in [6.45, 7) is 3.52. The van der Waals surface area contributed by atoms with Crippen molar-refractivity contribution in [3.8, 4) is 5.88 Å². The zero-order chi connectivity index (χ0) is 23.4. The van der Waals surface area contributed by atoms with Gasteiger partial charge in [-0.1, -0.05) is 29.4 Å². The van der Waals surface area contributed by atoms with Crippen LogP contribution in [0.4, 0.5) is 11.8 Å². The van der Waals surface area contributed by atoms with Crippen LogP contribution in [0.25, 0.3) is 5.65 Å². The Bertz CT molecular complexity index is 1400. The van der Waals surface area contributed by atoms with Gasteiger partial charge in [0.2, 0.25) is 11.8 Å². The van der Waals surface area contributed by atoms with E-state index < -0.39 is 5.60 Å². The number of nitrogens with two attached hydrogens (primary N) is 2. The van der Waals surface area contributed by atoms with Crippen LogP contribution in [0, 0.1) is 6.92 Å². The number of fused-ring (bicyclic) bond motifs is 2. The fourth-order valence-corrected chi connectivity index (χ4v) is 5.99. The molecule has 0 bridgehead atoms. The van der Waals surface area contributed by atoms with Crippen molar-refractivity contribution < 1.29 is 4.74 Å². The molecule has 9 nitrogen and oxygen atoms in total. The first-order valence-corrected chi connectivity index (χ1v) is 12.2. The van der Waals surface area contributed by atoms with Gasteiger partial charge in [0.25, 0.3) is 0 Å². The molecule has 0 amide bonds. The normalized spacial score (nSPS) is 18.9. The van der Waals surface area contributed by atoms with E-state index in [0.29, 0.717) is 16.7 Å². The van der Waals surface area contributed by atoms with Crippen LogP contribution in [0.15, 0.2) is 52.8 Å². The van der Waals surface area contributed by atoms with Crippen LogP contribution in [0.5, 0.6) is 5.88 Å². The number of anilines is 2. The summed E-state index contributed by atoms with van der Waals surface area (Å²) in [4.78, 5) is 22.0. The van der Waals surface area contributed by atoms with E-state index in [9.17, 15) is 0 Å². The van der Waals surface area contributed by atoms with Gasteiger partial charge in [0.1, 0.15) is 11.4 Å². The van der Waals surface area contributed by atoms with Gasteiger partial charge >= 0.3 is 0 Å². The number of pyridine rings is 2. The number of hydrogen-bond acceptors (Lipinski definition) is 9. The molecular formula is C23H23ClN8OS. The van der Waals surface area contributed by atoms with Gasteiger partial charge in [-0.05, 0) is 19.1 Å². The first kappa shape index (κ1) is 21.5. The molecule has 4 N–H and O–H groups in total. The molecular weight excluding hydrogens is 472 g/mol. The van der Waals surface area contributed by atoms with Crippen molar-refractivity contribution in [3.63, 3.8) is 0 Å². The number of hydrogen-bond donors (Lipinski definition) is 2. The fraction of sp³-hybridized carbons (Fsp3) is 0.304. The summed E-state index contributed by atoms with van der Waals surface area (Å²) >= 11 is 7.88. The summed E-state index contributed by atoms with van der Waals surface area (Å²) in [7, 11) is 0. The number of aromatic nitrogens is 5. The maximum absolute atomic E-state index is 6.61. The molecule has 0 aliphatic carbocycles. The number of imidazole rings is 1. The standard InChI is InChI=1S/C23H23ClN8OS/c1-13-17(34-15-4-8-27-19(26)16(15)24)20-28-9-12-32(20)22(30-13)31-10-5-23(6-11-31)18(25)14-3-2-7-29-21(14)33-23/h2-4,7-9,12,18H,5-6,10-11,25H2,1H3,(H2,26,27)/t18-/m1/s1. The van der Waals surface area contributed by atoms with E-state index in [1.54, 1.807) is 18.6 Å². The minimum absolute atomic E-state index is 0.183. The third-order valence-electron chi connectivity index (χ3n) is 6.64. The van der Waals surface area contributed by atoms with Crippen LogP contribution >= 0.6 is 23.4 Å². The lowest BCUT2D eigenvalue weighted by molar-refractivity contribution is 0.0396. The van der Waals surface area contributed by atoms with Crippen LogP contribution in [0.3, 0.4) is 0 Å². The maximum atomic E-state index is 6.61. The molecule has 0 unspecified atom stereocenters. The van der Waals surface area contributed by atoms with Crippen LogP contribution in [0.1, 0.15) is 30.1 Å². The van der Waals surface area contributed by atoms with Crippen molar-refractivity contribution in [2.75, 3.05) is 23.7 Å². The van der Waals surface area contributed by atoms with E-state index in [1.165, 1.54) is 11.8 Å². The van der Waals surface area contributed by atoms with Gasteiger partial charge in [-0.3, -0.25) is 4.40 Å². The Morgan fingerprint density at radius 3 is 2.76 bits per heavy atom. The van der Waals surface area contributed by atoms with E-state index in [1.807, 2.05) is 35.7 Å². The Hall–Kier alpha value is -3.08. The molecule has 2 aliphatic heterocycles. The maximum Gasteiger partial charge on any atom is 0.218 e. The number of aryl methyl sites for hydroxylation is 1. The Kier molecular flexibility index (Phi) is 5.05. The summed E-state index contributed by atoms with van der Waals surface area (Å²) in [6, 6.07) is 5.58. The molecule has 11 heteroatoms. The van der Waals surface area contributed by atoms with E-state index in [4.69, 9.17) is 32.8 Å². The molecule has 34 heavy (non-hydrogen) atoms. The molecule has 4 aromatic rings. The molecule has 0 aromatic carbocycles. The Balaban J connectivity index is 1.29. The highest BCUT2D eigenvalue weighted by Crippen LogP contribution is 2.46. The van der Waals surface area contributed by atoms with Gasteiger partial charge in [0, 0.05) is 61.2 Å². The molecule has 0 radical (unpaired) electrons. The number of nitrogens with zero attached hydrogens (tertiary/aromatic N) is 6. The predicted octanol–water partition coefficient (Wildman–Crippen LogP) is 3.65. The molecule has 174 valence electrons. The van der Waals surface area contributed by atoms with Crippen molar-refractivity contribution >= 4 is 40.8 Å². The topological polar surface area (TPSA) is 120 Å². The molecule has 4 aromatic heterocycles. The van der Waals surface area contributed by atoms with Crippen LogP contribution < -0.4 is 21.1 Å². The third kappa shape index (κ3) is 3.28. The van der Waals surface area contributed by atoms with Crippen LogP contribution in [-0.2, 0) is 0 Å². The lowest BCUT2D eigenvalue weighted by Crippen LogP contribution is -2.52. The monoisotopic (exact) mass is 494 g/mol. The lowest BCUT2D eigenvalue weighted by atomic mass is 9.83. The van der Waals surface area contributed by atoms with Gasteiger partial charge in [-0.2, -0.15) is 0 Å². The molecule has 6 rings (SSSR count). The van der Waals surface area contributed by atoms with Crippen molar-refractivity contribution in [2.24, 2.45) is 5.73 Å². The van der Waals surface area contributed by atoms with Gasteiger partial charge in [0.05, 0.1) is 21.7 Å². The average Bonchev–Trinajstić information content (AvgIpc) is 3.43. The van der Waals surface area contributed by atoms with Crippen molar-refractivity contribution in [2.45, 2.75) is 41.2 Å². The number of nitrogen functional groups attached to an aromatic ring is 1. The fourth-order valence-electron chi connectivity index (χ4n) is 4.78. The van der Waals surface area contributed by atoms with E-state index in [2.05, 4.69) is 19.9 Å². The first-order valence-electron chi connectivity index (χ1n) is 11.0. The Morgan fingerprint density at radius 2 is 1.97 bits per heavy atom. The first-order chi connectivity index (χ1) is 16.5. The third-order valence-corrected chi connectivity index (χ3v) is 8.39. The Labute approximate surface area is 205 Å². The highest BCUT2D eigenvalue weighted by Gasteiger charge is 2.49. The van der Waals surface area contributed by atoms with E-state index in [0.717, 1.165) is 58.6 Å². The number of rotatable bonds is 3. The predicted molar refractivity (Wildman–Crippen MR) is 131 cm³/mol. The molecule has 1 atom stereocenters. The van der Waals surface area contributed by atoms with Gasteiger partial charge in [-0.15, -0.1) is 0 Å². The zero-order valence-electron chi connectivity index (χ0n) is 18.5. The summed E-state index contributed by atoms with van der Waals surface area (Å²) in [5, 5.41) is 0.436. The lowest BCUT2D eigenvalue weighted by Gasteiger charge is -2.41. The van der Waals surface area contributed by atoms with E-state index >= 15 is 0 Å². The van der Waals surface area contributed by atoms with Crippen LogP contribution in [0.2, 0.25) is 5.02 Å². The van der Waals surface area contributed by atoms with Crippen LogP contribution in [-0.4, -0.2) is 43.0 Å². The number of halogens is 1. The summed E-state index contributed by atoms with van der Waals surface area (Å²) in [6.07, 6.45) is 8.68. The minimum atomic E-state index is -0.426. The second-order valence-electron chi connectivity index (χ2n) is 8.59. The second-order valence-corrected chi connectivity index (χ2v) is 10.0. The Morgan fingerprint density at radius 1 is 1.15 bits per heavy atom. The largest absolute Gasteiger partial charge is 0.469 e. The molecule has 2 aliphatic rings.